The molecule has 0 spiro atoms. The molecular formula is C23H27N7O5. The van der Waals surface area contributed by atoms with Gasteiger partial charge in [0.15, 0.2) is 11.6 Å². The summed E-state index contributed by atoms with van der Waals surface area (Å²) in [5.41, 5.74) is 0.483. The van der Waals surface area contributed by atoms with E-state index >= 15 is 0 Å². The Morgan fingerprint density at radius 3 is 2.86 bits per heavy atom. The lowest BCUT2D eigenvalue weighted by Gasteiger charge is -2.15. The second-order valence-electron chi connectivity index (χ2n) is 8.07. The Balaban J connectivity index is 1.67. The molecule has 1 aliphatic carbocycles. The first-order valence-electron chi connectivity index (χ1n) is 12.4. The van der Waals surface area contributed by atoms with Gasteiger partial charge in [-0.3, -0.25) is 9.59 Å². The maximum absolute atomic E-state index is 12.7. The molecule has 1 aliphatic rings. The molecule has 184 valence electrons. The largest absolute Gasteiger partial charge is 0.492 e. The number of nitrogens with one attached hydrogen (secondary N) is 3. The molecule has 12 heteroatoms. The van der Waals surface area contributed by atoms with Crippen molar-refractivity contribution in [2.75, 3.05) is 24.7 Å². The lowest BCUT2D eigenvalue weighted by atomic mass is 10.2. The van der Waals surface area contributed by atoms with E-state index in [4.69, 9.17) is 18.1 Å². The summed E-state index contributed by atoms with van der Waals surface area (Å²) in [7, 11) is 1.42. The Morgan fingerprint density at radius 1 is 1.31 bits per heavy atom. The molecule has 0 aromatic carbocycles. The highest BCUT2D eigenvalue weighted by Crippen LogP contribution is 2.36. The van der Waals surface area contributed by atoms with Gasteiger partial charge in [0.2, 0.25) is 11.7 Å². The standard InChI is InChI=1S/C23H27N7O5/c1-12(2)34-11-18-29-20(30-35-18)14-7-8-25-21(19(14)33-4)27-16-9-17(28-22(31)13-5-6-13)26-10-15(16)23(32)24-3/h7-10,12-13H,5-6,11H2,1-4H3,(H,24,32)(H2,25,26,27,28,31)/i3D3. The smallest absolute Gasteiger partial charge is 0.254 e. The first-order chi connectivity index (χ1) is 18.0. The number of methoxy groups -OCH3 is 1. The Hall–Kier alpha value is -4.06. The fraction of sp³-hybridized carbons (Fsp3) is 0.391. The van der Waals surface area contributed by atoms with Crippen LogP contribution in [0.3, 0.4) is 0 Å². The molecule has 1 saturated carbocycles. The summed E-state index contributed by atoms with van der Waals surface area (Å²) in [6, 6.07) is 3.04. The zero-order valence-electron chi connectivity index (χ0n) is 22.4. The van der Waals surface area contributed by atoms with Crippen LogP contribution in [0.4, 0.5) is 17.3 Å². The molecule has 12 nitrogen and oxygen atoms in total. The maximum atomic E-state index is 12.7. The van der Waals surface area contributed by atoms with Gasteiger partial charge in [-0.25, -0.2) is 9.97 Å². The Morgan fingerprint density at radius 2 is 2.14 bits per heavy atom. The monoisotopic (exact) mass is 484 g/mol. The number of anilines is 3. The van der Waals surface area contributed by atoms with Crippen LogP contribution in [0.25, 0.3) is 11.4 Å². The first kappa shape index (κ1) is 20.3. The molecule has 3 aromatic rings. The third-order valence-corrected chi connectivity index (χ3v) is 5.07. The number of pyridine rings is 2. The van der Waals surface area contributed by atoms with E-state index in [0.717, 1.165) is 12.8 Å². The van der Waals surface area contributed by atoms with Crippen molar-refractivity contribution in [3.63, 3.8) is 0 Å². The van der Waals surface area contributed by atoms with E-state index in [1.165, 1.54) is 25.6 Å². The van der Waals surface area contributed by atoms with Crippen molar-refractivity contribution in [3.05, 3.63) is 36.0 Å². The average molecular weight is 485 g/mol. The Bertz CT molecular complexity index is 1320. The minimum atomic E-state index is -2.72. The molecule has 3 heterocycles. The summed E-state index contributed by atoms with van der Waals surface area (Å²) in [5.74, 6) is -0.0826. The number of carbonyl (C=O) groups is 2. The summed E-state index contributed by atoms with van der Waals surface area (Å²) < 4.78 is 38.5. The van der Waals surface area contributed by atoms with Gasteiger partial charge in [0.05, 0.1) is 30.0 Å². The number of aromatic nitrogens is 4. The van der Waals surface area contributed by atoms with Crippen molar-refractivity contribution in [2.24, 2.45) is 5.92 Å². The number of carbonyl (C=O) groups excluding carboxylic acids is 2. The number of rotatable bonds is 10. The third-order valence-electron chi connectivity index (χ3n) is 5.07. The second kappa shape index (κ2) is 10.5. The minimum Gasteiger partial charge on any atom is -0.492 e. The van der Waals surface area contributed by atoms with Crippen molar-refractivity contribution in [1.29, 1.82) is 0 Å². The Kier molecular flexibility index (Phi) is 6.08. The van der Waals surface area contributed by atoms with Crippen molar-refractivity contribution in [3.8, 4) is 17.1 Å². The van der Waals surface area contributed by atoms with Gasteiger partial charge < -0.3 is 29.9 Å². The summed E-state index contributed by atoms with van der Waals surface area (Å²) in [6.07, 6.45) is 4.21. The van der Waals surface area contributed by atoms with Gasteiger partial charge >= 0.3 is 0 Å². The zero-order chi connectivity index (χ0) is 27.4. The number of amides is 2. The van der Waals surface area contributed by atoms with Crippen LogP contribution < -0.4 is 20.7 Å². The summed E-state index contributed by atoms with van der Waals surface area (Å²) >= 11 is 0. The van der Waals surface area contributed by atoms with Gasteiger partial charge in [0.1, 0.15) is 12.4 Å². The molecule has 0 atom stereocenters. The molecule has 0 aliphatic heterocycles. The number of hydrogen-bond donors (Lipinski definition) is 3. The maximum Gasteiger partial charge on any atom is 0.254 e. The molecule has 35 heavy (non-hydrogen) atoms. The molecule has 3 N–H and O–H groups in total. The topological polar surface area (TPSA) is 153 Å². The van der Waals surface area contributed by atoms with Crippen LogP contribution in [0.2, 0.25) is 0 Å². The molecule has 3 aromatic heterocycles. The highest BCUT2D eigenvalue weighted by molar-refractivity contribution is 6.01. The van der Waals surface area contributed by atoms with Crippen molar-refractivity contribution < 1.29 is 27.7 Å². The van der Waals surface area contributed by atoms with Gasteiger partial charge in [-0.15, -0.1) is 0 Å². The first-order valence-corrected chi connectivity index (χ1v) is 10.9. The molecular weight excluding hydrogens is 454 g/mol. The van der Waals surface area contributed by atoms with Crippen LogP contribution >= 0.6 is 0 Å². The van der Waals surface area contributed by atoms with Gasteiger partial charge in [0.25, 0.3) is 11.8 Å². The van der Waals surface area contributed by atoms with Crippen LogP contribution in [-0.2, 0) is 16.1 Å². The lowest BCUT2D eigenvalue weighted by molar-refractivity contribution is -0.117. The summed E-state index contributed by atoms with van der Waals surface area (Å²) in [5, 5.41) is 11.6. The normalized spacial score (nSPS) is 14.6. The van der Waals surface area contributed by atoms with E-state index in [1.807, 2.05) is 19.2 Å². The molecule has 0 bridgehead atoms. The average Bonchev–Trinajstić information content (AvgIpc) is 3.59. The van der Waals surface area contributed by atoms with E-state index in [2.05, 4.69) is 30.7 Å². The van der Waals surface area contributed by atoms with Gasteiger partial charge in [-0.05, 0) is 32.8 Å². The fourth-order valence-electron chi connectivity index (χ4n) is 3.16. The summed E-state index contributed by atoms with van der Waals surface area (Å²) in [6.45, 7) is 1.18. The van der Waals surface area contributed by atoms with Gasteiger partial charge in [-0.1, -0.05) is 5.16 Å². The van der Waals surface area contributed by atoms with E-state index in [0.29, 0.717) is 5.56 Å². The van der Waals surface area contributed by atoms with Crippen LogP contribution in [0.15, 0.2) is 29.0 Å². The molecule has 1 fully saturated rings. The Labute approximate surface area is 206 Å². The molecule has 0 radical (unpaired) electrons. The fourth-order valence-corrected chi connectivity index (χ4v) is 3.16. The van der Waals surface area contributed by atoms with E-state index < -0.39 is 12.9 Å². The molecule has 4 rings (SSSR count). The highest BCUT2D eigenvalue weighted by atomic mass is 16.5. The number of nitrogens with zero attached hydrogens (tertiary/aromatic N) is 4. The quantitative estimate of drug-likeness (QED) is 0.391. The highest BCUT2D eigenvalue weighted by Gasteiger charge is 2.30. The zero-order valence-corrected chi connectivity index (χ0v) is 19.4. The lowest BCUT2D eigenvalue weighted by Crippen LogP contribution is -2.20. The number of hydrogen-bond acceptors (Lipinski definition) is 10. The van der Waals surface area contributed by atoms with E-state index in [9.17, 15) is 9.59 Å². The van der Waals surface area contributed by atoms with E-state index in [-0.39, 0.29) is 64.9 Å². The van der Waals surface area contributed by atoms with Crippen molar-refractivity contribution >= 4 is 29.1 Å². The second-order valence-corrected chi connectivity index (χ2v) is 8.07. The third kappa shape index (κ3) is 5.72. The summed E-state index contributed by atoms with van der Waals surface area (Å²) in [4.78, 5) is 37.7. The molecule has 0 unspecified atom stereocenters. The number of ether oxygens (including phenoxy) is 2. The van der Waals surface area contributed by atoms with Crippen LogP contribution in [0, 0.1) is 5.92 Å². The predicted octanol–water partition coefficient (Wildman–Crippen LogP) is 2.91. The molecule has 0 saturated heterocycles. The van der Waals surface area contributed by atoms with Gasteiger partial charge in [0, 0.05) is 35.5 Å². The van der Waals surface area contributed by atoms with Gasteiger partial charge in [-0.2, -0.15) is 4.98 Å². The van der Waals surface area contributed by atoms with Crippen molar-refractivity contribution in [1.82, 2.24) is 25.4 Å². The van der Waals surface area contributed by atoms with Crippen LogP contribution in [0.1, 0.15) is 47.1 Å². The van der Waals surface area contributed by atoms with Crippen LogP contribution in [-0.4, -0.2) is 52.1 Å². The minimum absolute atomic E-state index is 0.0207. The van der Waals surface area contributed by atoms with E-state index in [1.54, 1.807) is 6.07 Å². The predicted molar refractivity (Wildman–Crippen MR) is 126 cm³/mol. The molecule has 2 amide bonds. The van der Waals surface area contributed by atoms with Crippen LogP contribution in [0.5, 0.6) is 5.75 Å². The SMILES string of the molecule is [2H]C([2H])([2H])NC(=O)c1cnc(NC(=O)C2CC2)cc1Nc1nccc(-c2noc(COC(C)C)n2)c1OC. The van der Waals surface area contributed by atoms with Crippen molar-refractivity contribution in [2.45, 2.75) is 39.4 Å².